The zero-order chi connectivity index (χ0) is 14.5. The Morgan fingerprint density at radius 2 is 2.30 bits per heavy atom. The molecule has 0 radical (unpaired) electrons. The largest absolute Gasteiger partial charge is 0.379 e. The maximum atomic E-state index is 13.8. The lowest BCUT2D eigenvalue weighted by atomic mass is 10.2. The molecule has 0 aliphatic rings. The molecule has 20 heavy (non-hydrogen) atoms. The lowest BCUT2D eigenvalue weighted by molar-refractivity contribution is 0.119. The predicted molar refractivity (Wildman–Crippen MR) is 75.4 cm³/mol. The van der Waals surface area contributed by atoms with Crippen LogP contribution in [0.2, 0.25) is 0 Å². The molecule has 0 saturated heterocycles. The number of benzene rings is 1. The van der Waals surface area contributed by atoms with Crippen molar-refractivity contribution in [2.45, 2.75) is 19.4 Å². The number of ether oxygens (including phenoxy) is 1. The Balaban J connectivity index is 2.16. The summed E-state index contributed by atoms with van der Waals surface area (Å²) >= 11 is 3.26. The SMILES string of the molecule is CCCOCC(N)c1noc(-c2c(F)cccc2Br)n1. The number of hydrogen-bond donors (Lipinski definition) is 1. The molecule has 0 fully saturated rings. The Morgan fingerprint density at radius 1 is 1.50 bits per heavy atom. The minimum atomic E-state index is -0.496. The molecule has 1 atom stereocenters. The first kappa shape index (κ1) is 15.1. The maximum absolute atomic E-state index is 13.8. The molecule has 0 amide bonds. The van der Waals surface area contributed by atoms with Crippen LogP contribution in [0.4, 0.5) is 4.39 Å². The molecule has 1 heterocycles. The van der Waals surface area contributed by atoms with Crippen molar-refractivity contribution in [1.82, 2.24) is 10.1 Å². The van der Waals surface area contributed by atoms with Crippen molar-refractivity contribution in [2.75, 3.05) is 13.2 Å². The highest BCUT2D eigenvalue weighted by atomic mass is 79.9. The predicted octanol–water partition coefficient (Wildman–Crippen LogP) is 3.06. The monoisotopic (exact) mass is 343 g/mol. The molecule has 2 N–H and O–H groups in total. The molecular formula is C13H15BrFN3O2. The van der Waals surface area contributed by atoms with E-state index < -0.39 is 11.9 Å². The van der Waals surface area contributed by atoms with E-state index in [0.29, 0.717) is 23.5 Å². The lowest BCUT2D eigenvalue weighted by Gasteiger charge is -2.06. The summed E-state index contributed by atoms with van der Waals surface area (Å²) < 4.78 is 24.7. The van der Waals surface area contributed by atoms with E-state index in [9.17, 15) is 4.39 Å². The molecule has 1 aromatic carbocycles. The zero-order valence-corrected chi connectivity index (χ0v) is 12.6. The molecule has 7 heteroatoms. The van der Waals surface area contributed by atoms with Crippen molar-refractivity contribution >= 4 is 15.9 Å². The average Bonchev–Trinajstić information content (AvgIpc) is 2.88. The number of aromatic nitrogens is 2. The summed E-state index contributed by atoms with van der Waals surface area (Å²) in [7, 11) is 0. The van der Waals surface area contributed by atoms with E-state index in [1.54, 1.807) is 12.1 Å². The third-order valence-electron chi connectivity index (χ3n) is 2.60. The summed E-state index contributed by atoms with van der Waals surface area (Å²) in [5.74, 6) is -0.0486. The Kier molecular flexibility index (Phi) is 5.22. The molecule has 2 aromatic rings. The fourth-order valence-corrected chi connectivity index (χ4v) is 2.13. The van der Waals surface area contributed by atoms with Crippen LogP contribution < -0.4 is 5.73 Å². The van der Waals surface area contributed by atoms with Gasteiger partial charge in [-0.25, -0.2) is 4.39 Å². The van der Waals surface area contributed by atoms with Crippen LogP contribution in [0.15, 0.2) is 27.2 Å². The highest BCUT2D eigenvalue weighted by Gasteiger charge is 2.19. The minimum Gasteiger partial charge on any atom is -0.379 e. The fraction of sp³-hybridized carbons (Fsp3) is 0.385. The van der Waals surface area contributed by atoms with Gasteiger partial charge in [-0.3, -0.25) is 0 Å². The molecule has 0 bridgehead atoms. The third kappa shape index (κ3) is 3.41. The van der Waals surface area contributed by atoms with Gasteiger partial charge in [0.1, 0.15) is 5.82 Å². The second kappa shape index (κ2) is 6.92. The Morgan fingerprint density at radius 3 is 3.00 bits per heavy atom. The summed E-state index contributed by atoms with van der Waals surface area (Å²) in [5, 5.41) is 3.77. The van der Waals surface area contributed by atoms with E-state index in [2.05, 4.69) is 26.1 Å². The van der Waals surface area contributed by atoms with E-state index >= 15 is 0 Å². The van der Waals surface area contributed by atoms with Crippen LogP contribution in [0.25, 0.3) is 11.5 Å². The first-order valence-electron chi connectivity index (χ1n) is 6.24. The summed E-state index contributed by atoms with van der Waals surface area (Å²) in [6.45, 7) is 2.93. The number of nitrogens with two attached hydrogens (primary N) is 1. The quantitative estimate of drug-likeness (QED) is 0.816. The van der Waals surface area contributed by atoms with Crippen LogP contribution in [0, 0.1) is 5.82 Å². The third-order valence-corrected chi connectivity index (χ3v) is 3.26. The summed E-state index contributed by atoms with van der Waals surface area (Å²) in [4.78, 5) is 4.13. The molecule has 1 aromatic heterocycles. The van der Waals surface area contributed by atoms with Gasteiger partial charge < -0.3 is 15.0 Å². The van der Waals surface area contributed by atoms with Crippen molar-refractivity contribution in [3.8, 4) is 11.5 Å². The van der Waals surface area contributed by atoms with Crippen molar-refractivity contribution in [1.29, 1.82) is 0 Å². The van der Waals surface area contributed by atoms with Crippen LogP contribution in [-0.2, 0) is 4.74 Å². The lowest BCUT2D eigenvalue weighted by Crippen LogP contribution is -2.18. The van der Waals surface area contributed by atoms with Crippen LogP contribution >= 0.6 is 15.9 Å². The topological polar surface area (TPSA) is 74.2 Å². The average molecular weight is 344 g/mol. The number of rotatable bonds is 6. The Bertz CT molecular complexity index is 556. The van der Waals surface area contributed by atoms with Gasteiger partial charge in [-0.05, 0) is 34.5 Å². The van der Waals surface area contributed by atoms with Gasteiger partial charge in [-0.15, -0.1) is 0 Å². The van der Waals surface area contributed by atoms with Gasteiger partial charge in [0.05, 0.1) is 18.2 Å². The highest BCUT2D eigenvalue weighted by molar-refractivity contribution is 9.10. The van der Waals surface area contributed by atoms with Gasteiger partial charge in [0, 0.05) is 11.1 Å². The summed E-state index contributed by atoms with van der Waals surface area (Å²) in [6, 6.07) is 4.12. The summed E-state index contributed by atoms with van der Waals surface area (Å²) in [5.41, 5.74) is 6.12. The fourth-order valence-electron chi connectivity index (χ4n) is 1.62. The van der Waals surface area contributed by atoms with Gasteiger partial charge in [-0.1, -0.05) is 18.1 Å². The first-order valence-corrected chi connectivity index (χ1v) is 7.04. The maximum Gasteiger partial charge on any atom is 0.262 e. The van der Waals surface area contributed by atoms with Crippen molar-refractivity contribution < 1.29 is 13.7 Å². The number of halogens is 2. The summed E-state index contributed by atoms with van der Waals surface area (Å²) in [6.07, 6.45) is 0.909. The molecule has 0 spiro atoms. The first-order chi connectivity index (χ1) is 9.63. The van der Waals surface area contributed by atoms with E-state index in [1.807, 2.05) is 6.92 Å². The second-order valence-electron chi connectivity index (χ2n) is 4.24. The Hall–Kier alpha value is -1.31. The molecular weight excluding hydrogens is 329 g/mol. The van der Waals surface area contributed by atoms with Crippen molar-refractivity contribution in [2.24, 2.45) is 5.73 Å². The highest BCUT2D eigenvalue weighted by Crippen LogP contribution is 2.29. The smallest absolute Gasteiger partial charge is 0.262 e. The van der Waals surface area contributed by atoms with Crippen LogP contribution in [-0.4, -0.2) is 23.4 Å². The van der Waals surface area contributed by atoms with E-state index in [0.717, 1.165) is 6.42 Å². The van der Waals surface area contributed by atoms with Crippen LogP contribution in [0.3, 0.4) is 0 Å². The second-order valence-corrected chi connectivity index (χ2v) is 5.09. The standard InChI is InChI=1S/C13H15BrFN3O2/c1-2-6-19-7-10(16)12-17-13(20-18-12)11-8(14)4-3-5-9(11)15/h3-5,10H,2,6-7,16H2,1H3. The minimum absolute atomic E-state index is 0.0934. The Labute approximate surface area is 124 Å². The molecule has 2 rings (SSSR count). The zero-order valence-electron chi connectivity index (χ0n) is 11.0. The van der Waals surface area contributed by atoms with Gasteiger partial charge in [0.2, 0.25) is 0 Å². The molecule has 108 valence electrons. The number of nitrogens with zero attached hydrogens (tertiary/aromatic N) is 2. The van der Waals surface area contributed by atoms with Gasteiger partial charge >= 0.3 is 0 Å². The van der Waals surface area contributed by atoms with Crippen molar-refractivity contribution in [3.63, 3.8) is 0 Å². The van der Waals surface area contributed by atoms with E-state index in [4.69, 9.17) is 15.0 Å². The number of hydrogen-bond acceptors (Lipinski definition) is 5. The van der Waals surface area contributed by atoms with Crippen LogP contribution in [0.1, 0.15) is 25.2 Å². The molecule has 5 nitrogen and oxygen atoms in total. The van der Waals surface area contributed by atoms with Gasteiger partial charge in [-0.2, -0.15) is 4.98 Å². The molecule has 0 aliphatic carbocycles. The normalized spacial score (nSPS) is 12.6. The van der Waals surface area contributed by atoms with Gasteiger partial charge in [0.15, 0.2) is 5.82 Å². The molecule has 1 unspecified atom stereocenters. The van der Waals surface area contributed by atoms with Crippen molar-refractivity contribution in [3.05, 3.63) is 34.3 Å². The van der Waals surface area contributed by atoms with E-state index in [1.165, 1.54) is 6.07 Å². The molecule has 0 aliphatic heterocycles. The molecule has 0 saturated carbocycles. The van der Waals surface area contributed by atoms with Gasteiger partial charge in [0.25, 0.3) is 5.89 Å². The van der Waals surface area contributed by atoms with Crippen LogP contribution in [0.5, 0.6) is 0 Å². The van der Waals surface area contributed by atoms with E-state index in [-0.39, 0.29) is 11.5 Å².